The van der Waals surface area contributed by atoms with Crippen molar-refractivity contribution in [3.8, 4) is 0 Å². The smallest absolute Gasteiger partial charge is 0.417 e. The van der Waals surface area contributed by atoms with Gasteiger partial charge in [-0.05, 0) is 11.5 Å². The molecule has 0 radical (unpaired) electrons. The maximum Gasteiger partial charge on any atom is 0.417 e. The highest BCUT2D eigenvalue weighted by atomic mass is 127. The molecule has 4 atom stereocenters. The minimum atomic E-state index is -0.505. The summed E-state index contributed by atoms with van der Waals surface area (Å²) in [5.74, 6) is 0.290. The van der Waals surface area contributed by atoms with Gasteiger partial charge in [0.1, 0.15) is 12.6 Å². The summed E-state index contributed by atoms with van der Waals surface area (Å²) in [4.78, 5) is 25.8. The van der Waals surface area contributed by atoms with Crippen molar-refractivity contribution in [2.45, 2.75) is 23.3 Å². The molecule has 2 aliphatic rings. The van der Waals surface area contributed by atoms with Gasteiger partial charge in [-0.25, -0.2) is 9.69 Å². The lowest BCUT2D eigenvalue weighted by atomic mass is 10.1. The van der Waals surface area contributed by atoms with Gasteiger partial charge in [-0.1, -0.05) is 66.3 Å². The second kappa shape index (κ2) is 5.35. The summed E-state index contributed by atoms with van der Waals surface area (Å²) in [7, 11) is 0. The molecular weight excluding hydrogens is 369 g/mol. The number of benzene rings is 1. The molecule has 1 saturated heterocycles. The van der Waals surface area contributed by atoms with Crippen LogP contribution in [-0.4, -0.2) is 27.4 Å². The third-order valence-corrected chi connectivity index (χ3v) is 5.82. The Kier molecular flexibility index (Phi) is 3.70. The summed E-state index contributed by atoms with van der Waals surface area (Å²) in [6.45, 7) is 2.34. The first kappa shape index (κ1) is 13.9. The van der Waals surface area contributed by atoms with Gasteiger partial charge in [-0.2, -0.15) is 0 Å². The lowest BCUT2D eigenvalue weighted by Gasteiger charge is -2.20. The fraction of sp³-hybridized carbons (Fsp3) is 0.467. The summed E-state index contributed by atoms with van der Waals surface area (Å²) in [6.07, 6.45) is 0.470. The molecule has 4 nitrogen and oxygen atoms in total. The fourth-order valence-corrected chi connectivity index (χ4v) is 4.43. The van der Waals surface area contributed by atoms with E-state index in [2.05, 4.69) is 29.5 Å². The molecule has 0 spiro atoms. The topological polar surface area (TPSA) is 46.6 Å². The minimum absolute atomic E-state index is 0.0301. The van der Waals surface area contributed by atoms with Gasteiger partial charge in [-0.3, -0.25) is 4.79 Å². The Balaban J connectivity index is 1.83. The third-order valence-electron chi connectivity index (χ3n) is 4.12. The van der Waals surface area contributed by atoms with Crippen LogP contribution >= 0.6 is 22.6 Å². The van der Waals surface area contributed by atoms with Gasteiger partial charge in [-0.15, -0.1) is 0 Å². The molecule has 0 N–H and O–H groups in total. The zero-order valence-corrected chi connectivity index (χ0v) is 13.3. The normalized spacial score (nSPS) is 32.1. The Hall–Kier alpha value is -1.11. The zero-order valence-electron chi connectivity index (χ0n) is 11.2. The second-order valence-electron chi connectivity index (χ2n) is 5.25. The van der Waals surface area contributed by atoms with Crippen LogP contribution in [0, 0.1) is 11.8 Å². The molecule has 0 aromatic heterocycles. The van der Waals surface area contributed by atoms with Crippen LogP contribution in [0.3, 0.4) is 0 Å². The molecule has 106 valence electrons. The van der Waals surface area contributed by atoms with Crippen molar-refractivity contribution in [2.75, 3.05) is 6.61 Å². The highest BCUT2D eigenvalue weighted by Gasteiger charge is 2.56. The number of carbonyl (C=O) groups is 2. The molecule has 20 heavy (non-hydrogen) atoms. The molecule has 0 unspecified atom stereocenters. The van der Waals surface area contributed by atoms with E-state index in [9.17, 15) is 9.59 Å². The van der Waals surface area contributed by atoms with Crippen molar-refractivity contribution in [3.63, 3.8) is 0 Å². The average molecular weight is 385 g/mol. The summed E-state index contributed by atoms with van der Waals surface area (Å²) < 4.78 is 5.44. The van der Waals surface area contributed by atoms with Gasteiger partial charge in [0.05, 0.1) is 5.92 Å². The van der Waals surface area contributed by atoms with Crippen molar-refractivity contribution in [3.05, 3.63) is 35.9 Å². The number of cyclic esters (lactones) is 1. The number of hydrogen-bond acceptors (Lipinski definition) is 3. The van der Waals surface area contributed by atoms with Crippen LogP contribution in [0.5, 0.6) is 0 Å². The van der Waals surface area contributed by atoms with E-state index < -0.39 is 6.09 Å². The molecule has 5 heteroatoms. The van der Waals surface area contributed by atoms with Crippen LogP contribution in [0.2, 0.25) is 0 Å². The fourth-order valence-electron chi connectivity index (χ4n) is 2.88. The van der Waals surface area contributed by atoms with E-state index in [0.29, 0.717) is 9.84 Å². The van der Waals surface area contributed by atoms with Crippen molar-refractivity contribution in [1.82, 2.24) is 4.90 Å². The Labute approximate surface area is 131 Å². The van der Waals surface area contributed by atoms with Crippen LogP contribution < -0.4 is 0 Å². The number of ether oxygens (including phenoxy) is 1. The molecule has 1 aliphatic carbocycles. The third kappa shape index (κ3) is 2.21. The first-order valence-electron chi connectivity index (χ1n) is 6.84. The number of halogens is 1. The molecule has 3 rings (SSSR count). The maximum atomic E-state index is 12.6. The monoisotopic (exact) mass is 385 g/mol. The molecule has 1 aromatic carbocycles. The Morgan fingerprint density at radius 1 is 1.40 bits per heavy atom. The van der Waals surface area contributed by atoms with E-state index in [4.69, 9.17) is 4.74 Å². The number of amides is 2. The van der Waals surface area contributed by atoms with E-state index in [0.717, 1.165) is 12.0 Å². The van der Waals surface area contributed by atoms with E-state index >= 15 is 0 Å². The maximum absolute atomic E-state index is 12.6. The predicted octanol–water partition coefficient (Wildman–Crippen LogP) is 3.17. The van der Waals surface area contributed by atoms with Crippen LogP contribution in [-0.2, 0) is 9.53 Å². The number of hydrogen-bond donors (Lipinski definition) is 0. The largest absolute Gasteiger partial charge is 0.446 e. The second-order valence-corrected chi connectivity index (χ2v) is 6.69. The highest BCUT2D eigenvalue weighted by Crippen LogP contribution is 2.50. The SMILES string of the molecule is CC[C@@H]1[C@H](I)[C@@H]1C(=O)N1C(=O)OC[C@@H]1c1ccccc1. The van der Waals surface area contributed by atoms with Crippen LogP contribution in [0.15, 0.2) is 30.3 Å². The van der Waals surface area contributed by atoms with Gasteiger partial charge in [0.15, 0.2) is 0 Å². The van der Waals surface area contributed by atoms with Crippen LogP contribution in [0.25, 0.3) is 0 Å². The standard InChI is InChI=1S/C15H16INO3/c1-2-10-12(13(10)16)14(18)17-11(8-20-15(17)19)9-6-4-3-5-7-9/h3-7,10-13H,2,8H2,1H3/t10-,11+,12+,13-/m0/s1. The van der Waals surface area contributed by atoms with Crippen molar-refractivity contribution < 1.29 is 14.3 Å². The number of imide groups is 1. The lowest BCUT2D eigenvalue weighted by molar-refractivity contribution is -0.130. The summed E-state index contributed by atoms with van der Waals surface area (Å²) in [6, 6.07) is 9.32. The minimum Gasteiger partial charge on any atom is -0.446 e. The first-order chi connectivity index (χ1) is 9.65. The number of carbonyl (C=O) groups excluding carboxylic acids is 2. The van der Waals surface area contributed by atoms with Crippen molar-refractivity contribution in [2.24, 2.45) is 11.8 Å². The summed E-state index contributed by atoms with van der Waals surface area (Å²) in [5, 5.41) is 0. The zero-order chi connectivity index (χ0) is 14.3. The molecule has 2 fully saturated rings. The lowest BCUT2D eigenvalue weighted by Crippen LogP contribution is -2.36. The van der Waals surface area contributed by atoms with Crippen LogP contribution in [0.4, 0.5) is 4.79 Å². The number of nitrogens with zero attached hydrogens (tertiary/aromatic N) is 1. The molecule has 1 aliphatic heterocycles. The van der Waals surface area contributed by atoms with Gasteiger partial charge in [0, 0.05) is 3.92 Å². The van der Waals surface area contributed by atoms with Crippen LogP contribution in [0.1, 0.15) is 24.9 Å². The van der Waals surface area contributed by atoms with Crippen molar-refractivity contribution in [1.29, 1.82) is 0 Å². The van der Waals surface area contributed by atoms with Gasteiger partial charge < -0.3 is 4.74 Å². The molecular formula is C15H16INO3. The Bertz CT molecular complexity index is 533. The van der Waals surface area contributed by atoms with Gasteiger partial charge in [0.25, 0.3) is 0 Å². The van der Waals surface area contributed by atoms with Crippen molar-refractivity contribution >= 4 is 34.6 Å². The molecule has 1 saturated carbocycles. The summed E-state index contributed by atoms with van der Waals surface area (Å²) >= 11 is 2.31. The summed E-state index contributed by atoms with van der Waals surface area (Å²) in [5.41, 5.74) is 0.949. The molecule has 0 bridgehead atoms. The van der Waals surface area contributed by atoms with E-state index in [1.165, 1.54) is 4.90 Å². The predicted molar refractivity (Wildman–Crippen MR) is 82.5 cm³/mol. The molecule has 1 aromatic rings. The Morgan fingerprint density at radius 3 is 2.70 bits per heavy atom. The number of rotatable bonds is 3. The van der Waals surface area contributed by atoms with Gasteiger partial charge >= 0.3 is 6.09 Å². The average Bonchev–Trinajstić information content (AvgIpc) is 2.96. The molecule has 1 heterocycles. The van der Waals surface area contributed by atoms with E-state index in [-0.39, 0.29) is 24.5 Å². The number of alkyl halides is 1. The first-order valence-corrected chi connectivity index (χ1v) is 8.08. The Morgan fingerprint density at radius 2 is 2.10 bits per heavy atom. The van der Waals surface area contributed by atoms with E-state index in [1.54, 1.807) is 0 Å². The van der Waals surface area contributed by atoms with Gasteiger partial charge in [0.2, 0.25) is 5.91 Å². The quantitative estimate of drug-likeness (QED) is 0.593. The molecule has 2 amide bonds. The highest BCUT2D eigenvalue weighted by molar-refractivity contribution is 14.1. The van der Waals surface area contributed by atoms with E-state index in [1.807, 2.05) is 30.3 Å².